The monoisotopic (exact) mass is 257 g/mol. The predicted octanol–water partition coefficient (Wildman–Crippen LogP) is 4.18. The molecule has 102 valence electrons. The van der Waals surface area contributed by atoms with Crippen molar-refractivity contribution >= 4 is 16.6 Å². The zero-order valence-corrected chi connectivity index (χ0v) is 12.1. The van der Waals surface area contributed by atoms with Crippen molar-refractivity contribution in [3.63, 3.8) is 0 Å². The van der Waals surface area contributed by atoms with Crippen LogP contribution in [0.5, 0.6) is 0 Å². The molecular formula is C16H23N3. The van der Waals surface area contributed by atoms with Gasteiger partial charge in [-0.3, -0.25) is 0 Å². The molecule has 0 unspecified atom stereocenters. The van der Waals surface area contributed by atoms with Crippen LogP contribution in [-0.2, 0) is 0 Å². The van der Waals surface area contributed by atoms with Gasteiger partial charge in [0.05, 0.1) is 5.69 Å². The van der Waals surface area contributed by atoms with Crippen LogP contribution in [0.3, 0.4) is 0 Å². The molecule has 0 fully saturated rings. The fraction of sp³-hybridized carbons (Fsp3) is 0.500. The van der Waals surface area contributed by atoms with Gasteiger partial charge in [-0.2, -0.15) is 5.10 Å². The Hall–Kier alpha value is -1.64. The van der Waals surface area contributed by atoms with E-state index in [2.05, 4.69) is 41.5 Å². The van der Waals surface area contributed by atoms with Crippen LogP contribution in [0.4, 0.5) is 5.82 Å². The summed E-state index contributed by atoms with van der Waals surface area (Å²) < 4.78 is 0. The Balaban J connectivity index is 1.99. The Morgan fingerprint density at radius 3 is 2.53 bits per heavy atom. The SMILES string of the molecule is Cc1nnc(NCCCCC(C)C)c2ccccc12. The topological polar surface area (TPSA) is 37.8 Å². The summed E-state index contributed by atoms with van der Waals surface area (Å²) in [4.78, 5) is 0. The fourth-order valence-electron chi connectivity index (χ4n) is 2.25. The van der Waals surface area contributed by atoms with Crippen LogP contribution < -0.4 is 5.32 Å². The summed E-state index contributed by atoms with van der Waals surface area (Å²) in [5.74, 6) is 1.70. The van der Waals surface area contributed by atoms with Crippen molar-refractivity contribution in [2.24, 2.45) is 5.92 Å². The van der Waals surface area contributed by atoms with Crippen LogP contribution in [0, 0.1) is 12.8 Å². The molecule has 0 bridgehead atoms. The summed E-state index contributed by atoms with van der Waals surface area (Å²) >= 11 is 0. The average molecular weight is 257 g/mol. The van der Waals surface area contributed by atoms with Crippen molar-refractivity contribution in [2.45, 2.75) is 40.0 Å². The second kappa shape index (κ2) is 6.50. The molecule has 0 aliphatic heterocycles. The van der Waals surface area contributed by atoms with E-state index < -0.39 is 0 Å². The fourth-order valence-corrected chi connectivity index (χ4v) is 2.25. The second-order valence-corrected chi connectivity index (χ2v) is 5.50. The van der Waals surface area contributed by atoms with E-state index in [-0.39, 0.29) is 0 Å². The number of hydrogen-bond donors (Lipinski definition) is 1. The molecule has 3 nitrogen and oxygen atoms in total. The van der Waals surface area contributed by atoms with Gasteiger partial charge in [-0.05, 0) is 19.3 Å². The number of anilines is 1. The van der Waals surface area contributed by atoms with E-state index in [0.717, 1.165) is 24.0 Å². The van der Waals surface area contributed by atoms with E-state index in [1.54, 1.807) is 0 Å². The van der Waals surface area contributed by atoms with Crippen LogP contribution >= 0.6 is 0 Å². The molecule has 0 saturated carbocycles. The third-order valence-corrected chi connectivity index (χ3v) is 3.37. The lowest BCUT2D eigenvalue weighted by atomic mass is 10.1. The number of hydrogen-bond acceptors (Lipinski definition) is 3. The minimum absolute atomic E-state index is 0.792. The van der Waals surface area contributed by atoms with E-state index in [9.17, 15) is 0 Å². The molecule has 1 heterocycles. The summed E-state index contributed by atoms with van der Waals surface area (Å²) in [6.45, 7) is 7.51. The summed E-state index contributed by atoms with van der Waals surface area (Å²) in [5.41, 5.74) is 0.987. The predicted molar refractivity (Wildman–Crippen MR) is 81.5 cm³/mol. The van der Waals surface area contributed by atoms with Crippen LogP contribution in [0.15, 0.2) is 24.3 Å². The normalized spacial score (nSPS) is 11.2. The van der Waals surface area contributed by atoms with Gasteiger partial charge in [0, 0.05) is 17.3 Å². The van der Waals surface area contributed by atoms with Gasteiger partial charge in [-0.25, -0.2) is 0 Å². The maximum atomic E-state index is 4.28. The molecular weight excluding hydrogens is 234 g/mol. The molecule has 0 aliphatic carbocycles. The molecule has 1 aromatic carbocycles. The zero-order valence-electron chi connectivity index (χ0n) is 12.1. The number of rotatable bonds is 6. The number of aromatic nitrogens is 2. The highest BCUT2D eigenvalue weighted by Crippen LogP contribution is 2.22. The second-order valence-electron chi connectivity index (χ2n) is 5.50. The Morgan fingerprint density at radius 2 is 1.79 bits per heavy atom. The van der Waals surface area contributed by atoms with Crippen molar-refractivity contribution in [1.29, 1.82) is 0 Å². The molecule has 0 saturated heterocycles. The molecule has 2 rings (SSSR count). The van der Waals surface area contributed by atoms with Crippen LogP contribution in [-0.4, -0.2) is 16.7 Å². The van der Waals surface area contributed by atoms with Crippen molar-refractivity contribution in [3.05, 3.63) is 30.0 Å². The van der Waals surface area contributed by atoms with E-state index in [1.165, 1.54) is 30.0 Å². The molecule has 0 radical (unpaired) electrons. The van der Waals surface area contributed by atoms with Gasteiger partial charge < -0.3 is 5.32 Å². The van der Waals surface area contributed by atoms with Gasteiger partial charge in [0.25, 0.3) is 0 Å². The van der Waals surface area contributed by atoms with Gasteiger partial charge in [0.2, 0.25) is 0 Å². The summed E-state index contributed by atoms with van der Waals surface area (Å²) in [6.07, 6.45) is 3.74. The molecule has 1 aromatic heterocycles. The van der Waals surface area contributed by atoms with E-state index in [1.807, 2.05) is 19.1 Å². The largest absolute Gasteiger partial charge is 0.368 e. The third kappa shape index (κ3) is 3.66. The number of aryl methyl sites for hydroxylation is 1. The smallest absolute Gasteiger partial charge is 0.156 e. The Morgan fingerprint density at radius 1 is 1.05 bits per heavy atom. The van der Waals surface area contributed by atoms with Crippen molar-refractivity contribution in [3.8, 4) is 0 Å². The highest BCUT2D eigenvalue weighted by atomic mass is 15.2. The summed E-state index contributed by atoms with van der Waals surface area (Å²) in [5, 5.41) is 14.3. The molecule has 1 N–H and O–H groups in total. The standard InChI is InChI=1S/C16H23N3/c1-12(2)8-6-7-11-17-16-15-10-5-4-9-14(15)13(3)18-19-16/h4-5,9-10,12H,6-8,11H2,1-3H3,(H,17,19). The van der Waals surface area contributed by atoms with Crippen molar-refractivity contribution < 1.29 is 0 Å². The first-order valence-electron chi connectivity index (χ1n) is 7.14. The van der Waals surface area contributed by atoms with Gasteiger partial charge in [-0.15, -0.1) is 5.10 Å². The first-order valence-corrected chi connectivity index (χ1v) is 7.14. The number of benzene rings is 1. The lowest BCUT2D eigenvalue weighted by Crippen LogP contribution is -2.06. The summed E-state index contributed by atoms with van der Waals surface area (Å²) in [6, 6.07) is 8.30. The van der Waals surface area contributed by atoms with E-state index >= 15 is 0 Å². The summed E-state index contributed by atoms with van der Waals surface area (Å²) in [7, 11) is 0. The number of fused-ring (bicyclic) bond motifs is 1. The van der Waals surface area contributed by atoms with Gasteiger partial charge in [0.1, 0.15) is 0 Å². The van der Waals surface area contributed by atoms with Gasteiger partial charge in [0.15, 0.2) is 5.82 Å². The molecule has 0 atom stereocenters. The molecule has 0 aliphatic rings. The lowest BCUT2D eigenvalue weighted by molar-refractivity contribution is 0.544. The Labute approximate surface area is 115 Å². The third-order valence-electron chi connectivity index (χ3n) is 3.37. The zero-order chi connectivity index (χ0) is 13.7. The first-order chi connectivity index (χ1) is 9.18. The number of nitrogens with one attached hydrogen (secondary N) is 1. The minimum Gasteiger partial charge on any atom is -0.368 e. The molecule has 0 amide bonds. The highest BCUT2D eigenvalue weighted by molar-refractivity contribution is 5.92. The maximum Gasteiger partial charge on any atom is 0.156 e. The number of unbranched alkanes of at least 4 members (excludes halogenated alkanes) is 1. The van der Waals surface area contributed by atoms with Crippen molar-refractivity contribution in [1.82, 2.24) is 10.2 Å². The Kier molecular flexibility index (Phi) is 4.72. The molecule has 2 aromatic rings. The van der Waals surface area contributed by atoms with Crippen LogP contribution in [0.1, 0.15) is 38.8 Å². The minimum atomic E-state index is 0.792. The average Bonchev–Trinajstić information content (AvgIpc) is 2.41. The molecule has 3 heteroatoms. The maximum absolute atomic E-state index is 4.28. The van der Waals surface area contributed by atoms with Crippen LogP contribution in [0.25, 0.3) is 10.8 Å². The van der Waals surface area contributed by atoms with Crippen molar-refractivity contribution in [2.75, 3.05) is 11.9 Å². The number of nitrogens with zero attached hydrogens (tertiary/aromatic N) is 2. The Bertz CT molecular complexity index is 535. The highest BCUT2D eigenvalue weighted by Gasteiger charge is 2.05. The van der Waals surface area contributed by atoms with Gasteiger partial charge in [-0.1, -0.05) is 51.0 Å². The van der Waals surface area contributed by atoms with E-state index in [4.69, 9.17) is 0 Å². The lowest BCUT2D eigenvalue weighted by Gasteiger charge is -2.09. The van der Waals surface area contributed by atoms with E-state index in [0.29, 0.717) is 0 Å². The van der Waals surface area contributed by atoms with Crippen LogP contribution in [0.2, 0.25) is 0 Å². The quantitative estimate of drug-likeness (QED) is 0.789. The molecule has 19 heavy (non-hydrogen) atoms. The first kappa shape index (κ1) is 13.8. The van der Waals surface area contributed by atoms with Gasteiger partial charge >= 0.3 is 0 Å². The molecule has 0 spiro atoms.